The quantitative estimate of drug-likeness (QED) is 0.536. The lowest BCUT2D eigenvalue weighted by atomic mass is 10.1. The normalized spacial score (nSPS) is 16.0. The van der Waals surface area contributed by atoms with Crippen LogP contribution in [0.3, 0.4) is 0 Å². The molecule has 0 atom stereocenters. The molecule has 0 aliphatic carbocycles. The first-order valence-electron chi connectivity index (χ1n) is 7.54. The van der Waals surface area contributed by atoms with Crippen LogP contribution in [0.15, 0.2) is 45.6 Å². The summed E-state index contributed by atoms with van der Waals surface area (Å²) >= 11 is 0. The predicted molar refractivity (Wildman–Crippen MR) is 85.8 cm³/mol. The van der Waals surface area contributed by atoms with Crippen molar-refractivity contribution in [3.8, 4) is 5.75 Å². The monoisotopic (exact) mass is 312 g/mol. The van der Waals surface area contributed by atoms with Gasteiger partial charge < -0.3 is 18.6 Å². The highest BCUT2D eigenvalue weighted by Crippen LogP contribution is 2.30. The summed E-state index contributed by atoms with van der Waals surface area (Å²) in [6.45, 7) is 1.34. The average molecular weight is 312 g/mol. The van der Waals surface area contributed by atoms with Crippen molar-refractivity contribution in [2.45, 2.75) is 12.7 Å². The zero-order chi connectivity index (χ0) is 15.8. The average Bonchev–Trinajstić information content (AvgIpc) is 2.62. The third-order valence-corrected chi connectivity index (χ3v) is 4.04. The number of hydrogen-bond acceptors (Lipinski definition) is 5. The van der Waals surface area contributed by atoms with E-state index >= 15 is 0 Å². The van der Waals surface area contributed by atoms with Gasteiger partial charge in [-0.15, -0.1) is 0 Å². The molecule has 0 amide bonds. The molecule has 23 heavy (non-hydrogen) atoms. The van der Waals surface area contributed by atoms with Gasteiger partial charge in [-0.2, -0.15) is 0 Å². The van der Waals surface area contributed by atoms with Gasteiger partial charge in [-0.3, -0.25) is 0 Å². The smallest absolute Gasteiger partial charge is 0.344 e. The minimum absolute atomic E-state index is 0.381. The summed E-state index contributed by atoms with van der Waals surface area (Å²) in [5.74, 6) is 0.629. The van der Waals surface area contributed by atoms with Gasteiger partial charge in [-0.1, -0.05) is 12.1 Å². The molecule has 0 N–H and O–H groups in total. The van der Waals surface area contributed by atoms with Gasteiger partial charge in [0.1, 0.15) is 11.3 Å². The van der Waals surface area contributed by atoms with Gasteiger partial charge in [0.15, 0.2) is 6.29 Å². The van der Waals surface area contributed by atoms with Crippen molar-refractivity contribution in [3.05, 3.63) is 52.4 Å². The topological polar surface area (TPSA) is 57.9 Å². The maximum absolute atomic E-state index is 12.3. The van der Waals surface area contributed by atoms with E-state index in [9.17, 15) is 4.79 Å². The summed E-state index contributed by atoms with van der Waals surface area (Å²) in [5.41, 5.74) is 1.00. The SMILES string of the molecule is COc1ccc2c(c1)c(=O)oc1cc(C3OCCCO3)ccc12. The van der Waals surface area contributed by atoms with E-state index < -0.39 is 6.29 Å². The number of fused-ring (bicyclic) bond motifs is 3. The van der Waals surface area contributed by atoms with E-state index in [4.69, 9.17) is 18.6 Å². The van der Waals surface area contributed by atoms with Crippen molar-refractivity contribution in [2.24, 2.45) is 0 Å². The van der Waals surface area contributed by atoms with E-state index in [1.165, 1.54) is 0 Å². The number of benzene rings is 2. The molecule has 0 saturated carbocycles. The number of ether oxygens (including phenoxy) is 3. The first-order chi connectivity index (χ1) is 11.3. The van der Waals surface area contributed by atoms with E-state index in [1.807, 2.05) is 30.3 Å². The van der Waals surface area contributed by atoms with Crippen LogP contribution in [0.1, 0.15) is 18.3 Å². The Kier molecular flexibility index (Phi) is 3.52. The van der Waals surface area contributed by atoms with Crippen LogP contribution < -0.4 is 10.4 Å². The van der Waals surface area contributed by atoms with Gasteiger partial charge in [0.05, 0.1) is 25.7 Å². The number of methoxy groups -OCH3 is 1. The Hall–Kier alpha value is -2.37. The van der Waals surface area contributed by atoms with Crippen LogP contribution >= 0.6 is 0 Å². The second kappa shape index (κ2) is 5.68. The van der Waals surface area contributed by atoms with Gasteiger partial charge in [-0.25, -0.2) is 4.79 Å². The highest BCUT2D eigenvalue weighted by Gasteiger charge is 2.18. The largest absolute Gasteiger partial charge is 0.497 e. The van der Waals surface area contributed by atoms with Crippen LogP contribution in [0.2, 0.25) is 0 Å². The third kappa shape index (κ3) is 2.48. The van der Waals surface area contributed by atoms with Gasteiger partial charge in [0.2, 0.25) is 0 Å². The summed E-state index contributed by atoms with van der Waals surface area (Å²) in [6, 6.07) is 11.1. The molecule has 2 aromatic carbocycles. The standard InChI is InChI=1S/C18H16O5/c1-20-12-4-6-13-14-5-3-11(18-21-7-2-8-22-18)9-16(14)23-17(19)15(13)10-12/h3-6,9-10,18H,2,7-8H2,1H3. The second-order valence-electron chi connectivity index (χ2n) is 5.48. The Morgan fingerprint density at radius 3 is 2.57 bits per heavy atom. The van der Waals surface area contributed by atoms with E-state index in [0.29, 0.717) is 29.9 Å². The molecular formula is C18H16O5. The Labute approximate surface area is 132 Å². The lowest BCUT2D eigenvalue weighted by Crippen LogP contribution is -2.17. The highest BCUT2D eigenvalue weighted by atomic mass is 16.7. The molecule has 5 heteroatoms. The predicted octanol–water partition coefficient (Wildman–Crippen LogP) is 3.39. The summed E-state index contributed by atoms with van der Waals surface area (Å²) < 4.78 is 21.9. The lowest BCUT2D eigenvalue weighted by molar-refractivity contribution is -0.182. The van der Waals surface area contributed by atoms with E-state index in [-0.39, 0.29) is 5.63 Å². The summed E-state index contributed by atoms with van der Waals surface area (Å²) in [6.07, 6.45) is 0.496. The molecule has 1 fully saturated rings. The van der Waals surface area contributed by atoms with Gasteiger partial charge in [-0.05, 0) is 30.7 Å². The Morgan fingerprint density at radius 2 is 1.78 bits per heavy atom. The molecule has 0 spiro atoms. The molecule has 3 aromatic rings. The first-order valence-corrected chi connectivity index (χ1v) is 7.54. The van der Waals surface area contributed by atoms with Crippen LogP contribution in [0.4, 0.5) is 0 Å². The maximum atomic E-state index is 12.3. The highest BCUT2D eigenvalue weighted by molar-refractivity contribution is 6.04. The van der Waals surface area contributed by atoms with Crippen molar-refractivity contribution in [1.82, 2.24) is 0 Å². The van der Waals surface area contributed by atoms with Crippen molar-refractivity contribution in [1.29, 1.82) is 0 Å². The zero-order valence-electron chi connectivity index (χ0n) is 12.7. The van der Waals surface area contributed by atoms with Gasteiger partial charge in [0, 0.05) is 16.3 Å². The van der Waals surface area contributed by atoms with Crippen LogP contribution in [0, 0.1) is 0 Å². The zero-order valence-corrected chi connectivity index (χ0v) is 12.7. The fraction of sp³-hybridized carbons (Fsp3) is 0.278. The van der Waals surface area contributed by atoms with Crippen molar-refractivity contribution < 1.29 is 18.6 Å². The fourth-order valence-corrected chi connectivity index (χ4v) is 2.88. The molecule has 1 aliphatic rings. The van der Waals surface area contributed by atoms with Crippen molar-refractivity contribution in [2.75, 3.05) is 20.3 Å². The first kappa shape index (κ1) is 14.2. The molecule has 4 rings (SSSR count). The molecule has 118 valence electrons. The number of rotatable bonds is 2. The second-order valence-corrected chi connectivity index (χ2v) is 5.48. The molecule has 5 nitrogen and oxygen atoms in total. The molecule has 0 bridgehead atoms. The van der Waals surface area contributed by atoms with Crippen LogP contribution in [-0.4, -0.2) is 20.3 Å². The van der Waals surface area contributed by atoms with Gasteiger partial charge in [0.25, 0.3) is 0 Å². The minimum atomic E-state index is -0.398. The van der Waals surface area contributed by atoms with Crippen molar-refractivity contribution >= 4 is 21.7 Å². The van der Waals surface area contributed by atoms with Crippen LogP contribution in [-0.2, 0) is 9.47 Å². The summed E-state index contributed by atoms with van der Waals surface area (Å²) in [5, 5.41) is 2.23. The molecule has 2 heterocycles. The summed E-state index contributed by atoms with van der Waals surface area (Å²) in [7, 11) is 1.57. The minimum Gasteiger partial charge on any atom is -0.497 e. The molecule has 1 aliphatic heterocycles. The Balaban J connectivity index is 1.89. The molecule has 0 radical (unpaired) electrons. The fourth-order valence-electron chi connectivity index (χ4n) is 2.88. The van der Waals surface area contributed by atoms with E-state index in [0.717, 1.165) is 22.8 Å². The maximum Gasteiger partial charge on any atom is 0.344 e. The summed E-state index contributed by atoms with van der Waals surface area (Å²) in [4.78, 5) is 12.3. The molecular weight excluding hydrogens is 296 g/mol. The van der Waals surface area contributed by atoms with E-state index in [1.54, 1.807) is 13.2 Å². The Morgan fingerprint density at radius 1 is 1.00 bits per heavy atom. The van der Waals surface area contributed by atoms with E-state index in [2.05, 4.69) is 0 Å². The lowest BCUT2D eigenvalue weighted by Gasteiger charge is -2.23. The molecule has 0 unspecified atom stereocenters. The Bertz CT molecular complexity index is 922. The molecule has 1 saturated heterocycles. The third-order valence-electron chi connectivity index (χ3n) is 4.04. The van der Waals surface area contributed by atoms with Crippen LogP contribution in [0.5, 0.6) is 5.75 Å². The van der Waals surface area contributed by atoms with Crippen molar-refractivity contribution in [3.63, 3.8) is 0 Å². The molecule has 1 aromatic heterocycles. The van der Waals surface area contributed by atoms with Gasteiger partial charge >= 0.3 is 5.63 Å². The number of hydrogen-bond donors (Lipinski definition) is 0. The van der Waals surface area contributed by atoms with Crippen LogP contribution in [0.25, 0.3) is 21.7 Å².